The van der Waals surface area contributed by atoms with E-state index in [0.29, 0.717) is 6.61 Å². The first kappa shape index (κ1) is 28.7. The quantitative estimate of drug-likeness (QED) is 0.456. The summed E-state index contributed by atoms with van der Waals surface area (Å²) >= 11 is 0. The van der Waals surface area contributed by atoms with E-state index in [1.165, 1.54) is 12.1 Å². The van der Waals surface area contributed by atoms with Crippen LogP contribution in [0.1, 0.15) is 83.0 Å². The maximum atomic E-state index is 14.4. The van der Waals surface area contributed by atoms with E-state index in [0.717, 1.165) is 51.0 Å². The van der Waals surface area contributed by atoms with Gasteiger partial charge in [0.15, 0.2) is 11.6 Å². The van der Waals surface area contributed by atoms with Crippen LogP contribution in [0.15, 0.2) is 18.2 Å². The third-order valence-electron chi connectivity index (χ3n) is 7.19. The van der Waals surface area contributed by atoms with Crippen molar-refractivity contribution >= 4 is 18.0 Å². The Morgan fingerprint density at radius 2 is 1.78 bits per heavy atom. The lowest BCUT2D eigenvalue weighted by molar-refractivity contribution is -0.137. The molecule has 2 aliphatic carbocycles. The Kier molecular flexibility index (Phi) is 9.79. The average Bonchev–Trinajstić information content (AvgIpc) is 2.79. The second-order valence-electron chi connectivity index (χ2n) is 11.1. The first-order valence-corrected chi connectivity index (χ1v) is 13.3. The molecule has 0 unspecified atom stereocenters. The summed E-state index contributed by atoms with van der Waals surface area (Å²) in [4.78, 5) is 39.5. The standard InChI is InChI=1S/C28H41FN2O6/c1-6-35-26(33)20-14-15-23(22(29)16-20)36-17-18-10-12-19(13-11-18)24(30-27(34)37-28(2,3)4)25(32)31(5)21-8-7-9-21/h14-16,18-19,21,24H,6-13,17H2,1-5H3,(H,30,34)/t18-,19-,24-/m0/s1. The Labute approximate surface area is 219 Å². The summed E-state index contributed by atoms with van der Waals surface area (Å²) in [5.74, 6) is -0.971. The Morgan fingerprint density at radius 1 is 1.11 bits per heavy atom. The molecule has 1 N–H and O–H groups in total. The predicted molar refractivity (Wildman–Crippen MR) is 137 cm³/mol. The van der Waals surface area contributed by atoms with Gasteiger partial charge in [-0.3, -0.25) is 4.79 Å². The summed E-state index contributed by atoms with van der Waals surface area (Å²) in [6.45, 7) is 7.63. The Bertz CT molecular complexity index is 950. The largest absolute Gasteiger partial charge is 0.490 e. The van der Waals surface area contributed by atoms with Gasteiger partial charge < -0.3 is 24.4 Å². The van der Waals surface area contributed by atoms with E-state index in [-0.39, 0.29) is 41.7 Å². The summed E-state index contributed by atoms with van der Waals surface area (Å²) in [6.07, 6.45) is 5.57. The highest BCUT2D eigenvalue weighted by Gasteiger charge is 2.38. The van der Waals surface area contributed by atoms with Gasteiger partial charge in [-0.25, -0.2) is 14.0 Å². The molecule has 206 valence electrons. The number of benzene rings is 1. The minimum atomic E-state index is -0.656. The number of ether oxygens (including phenoxy) is 3. The number of halogens is 1. The van der Waals surface area contributed by atoms with Crippen molar-refractivity contribution in [2.45, 2.75) is 90.3 Å². The van der Waals surface area contributed by atoms with Crippen LogP contribution in [0.5, 0.6) is 5.75 Å². The molecule has 2 aliphatic rings. The number of nitrogens with one attached hydrogen (secondary N) is 1. The molecule has 0 aromatic heterocycles. The second kappa shape index (κ2) is 12.6. The molecule has 8 nitrogen and oxygen atoms in total. The molecular weight excluding hydrogens is 479 g/mol. The fraction of sp³-hybridized carbons (Fsp3) is 0.679. The first-order chi connectivity index (χ1) is 17.5. The Hall–Kier alpha value is -2.84. The molecule has 9 heteroatoms. The molecule has 2 fully saturated rings. The van der Waals surface area contributed by atoms with E-state index in [1.54, 1.807) is 32.6 Å². The summed E-state index contributed by atoms with van der Waals surface area (Å²) in [6, 6.07) is 3.65. The molecule has 0 spiro atoms. The summed E-state index contributed by atoms with van der Waals surface area (Å²) < 4.78 is 30.5. The van der Waals surface area contributed by atoms with Crippen molar-refractivity contribution < 1.29 is 33.0 Å². The van der Waals surface area contributed by atoms with Crippen LogP contribution in [0.2, 0.25) is 0 Å². The Balaban J connectivity index is 1.57. The molecule has 2 amide bonds. The highest BCUT2D eigenvalue weighted by molar-refractivity contribution is 5.89. The summed E-state index contributed by atoms with van der Waals surface area (Å²) in [7, 11) is 1.82. The van der Waals surface area contributed by atoms with E-state index in [2.05, 4.69) is 5.32 Å². The lowest BCUT2D eigenvalue weighted by atomic mass is 9.78. The molecule has 0 radical (unpaired) electrons. The fourth-order valence-electron chi connectivity index (χ4n) is 4.84. The van der Waals surface area contributed by atoms with Crippen LogP contribution < -0.4 is 10.1 Å². The number of rotatable bonds is 9. The zero-order valence-corrected chi connectivity index (χ0v) is 22.7. The van der Waals surface area contributed by atoms with Gasteiger partial charge in [-0.05, 0) is 103 Å². The maximum absolute atomic E-state index is 14.4. The zero-order valence-electron chi connectivity index (χ0n) is 22.7. The van der Waals surface area contributed by atoms with Crippen LogP contribution >= 0.6 is 0 Å². The van der Waals surface area contributed by atoms with Crippen LogP contribution in [0.25, 0.3) is 0 Å². The highest BCUT2D eigenvalue weighted by Crippen LogP contribution is 2.34. The van der Waals surface area contributed by atoms with Gasteiger partial charge in [0, 0.05) is 13.1 Å². The second-order valence-corrected chi connectivity index (χ2v) is 11.1. The van der Waals surface area contributed by atoms with Crippen molar-refractivity contribution in [2.24, 2.45) is 11.8 Å². The molecule has 37 heavy (non-hydrogen) atoms. The summed E-state index contributed by atoms with van der Waals surface area (Å²) in [5, 5.41) is 2.86. The monoisotopic (exact) mass is 520 g/mol. The van der Waals surface area contributed by atoms with E-state index >= 15 is 0 Å². The predicted octanol–water partition coefficient (Wildman–Crippen LogP) is 5.09. The zero-order chi connectivity index (χ0) is 27.2. The lowest BCUT2D eigenvalue weighted by Crippen LogP contribution is -2.55. The van der Waals surface area contributed by atoms with E-state index in [1.807, 2.05) is 7.05 Å². The van der Waals surface area contributed by atoms with Gasteiger partial charge in [0.25, 0.3) is 0 Å². The van der Waals surface area contributed by atoms with Crippen LogP contribution in [0.4, 0.5) is 9.18 Å². The van der Waals surface area contributed by atoms with Gasteiger partial charge in [0.05, 0.1) is 18.8 Å². The maximum Gasteiger partial charge on any atom is 0.408 e. The number of carbonyl (C=O) groups excluding carboxylic acids is 3. The van der Waals surface area contributed by atoms with Gasteiger partial charge in [-0.15, -0.1) is 0 Å². The smallest absolute Gasteiger partial charge is 0.408 e. The van der Waals surface area contributed by atoms with Crippen molar-refractivity contribution in [3.05, 3.63) is 29.6 Å². The molecule has 3 rings (SSSR count). The van der Waals surface area contributed by atoms with Crippen LogP contribution in [0.3, 0.4) is 0 Å². The van der Waals surface area contributed by atoms with E-state index in [4.69, 9.17) is 14.2 Å². The lowest BCUT2D eigenvalue weighted by Gasteiger charge is -2.40. The fourth-order valence-corrected chi connectivity index (χ4v) is 4.84. The van der Waals surface area contributed by atoms with Crippen molar-refractivity contribution in [3.63, 3.8) is 0 Å². The van der Waals surface area contributed by atoms with Crippen molar-refractivity contribution in [2.75, 3.05) is 20.3 Å². The topological polar surface area (TPSA) is 94.2 Å². The molecule has 1 aromatic rings. The van der Waals surface area contributed by atoms with Crippen LogP contribution in [-0.2, 0) is 14.3 Å². The van der Waals surface area contributed by atoms with Crippen LogP contribution in [-0.4, -0.2) is 60.8 Å². The molecule has 0 saturated heterocycles. The third-order valence-corrected chi connectivity index (χ3v) is 7.19. The number of likely N-dealkylation sites (N-methyl/N-ethyl adjacent to an activating group) is 1. The van der Waals surface area contributed by atoms with Gasteiger partial charge >= 0.3 is 12.1 Å². The Morgan fingerprint density at radius 3 is 2.32 bits per heavy atom. The highest BCUT2D eigenvalue weighted by atomic mass is 19.1. The number of nitrogens with zero attached hydrogens (tertiary/aromatic N) is 1. The number of alkyl carbamates (subject to hydrolysis) is 1. The van der Waals surface area contributed by atoms with Gasteiger partial charge in [-0.2, -0.15) is 0 Å². The molecule has 0 bridgehead atoms. The minimum absolute atomic E-state index is 0.0145. The van der Waals surface area contributed by atoms with Gasteiger partial charge in [-0.1, -0.05) is 0 Å². The molecular formula is C28H41FN2O6. The average molecular weight is 521 g/mol. The molecule has 2 saturated carbocycles. The normalized spacial score (nSPS) is 20.8. The number of hydrogen-bond donors (Lipinski definition) is 1. The summed E-state index contributed by atoms with van der Waals surface area (Å²) in [5.41, 5.74) is -0.511. The van der Waals surface area contributed by atoms with Crippen molar-refractivity contribution in [1.29, 1.82) is 0 Å². The number of hydrogen-bond acceptors (Lipinski definition) is 6. The number of carbonyl (C=O) groups is 3. The number of amides is 2. The number of esters is 1. The van der Waals surface area contributed by atoms with E-state index in [9.17, 15) is 18.8 Å². The van der Waals surface area contributed by atoms with Gasteiger partial charge in [0.2, 0.25) is 5.91 Å². The van der Waals surface area contributed by atoms with Gasteiger partial charge in [0.1, 0.15) is 11.6 Å². The van der Waals surface area contributed by atoms with E-state index < -0.39 is 29.5 Å². The third kappa shape index (κ3) is 8.07. The van der Waals surface area contributed by atoms with Crippen molar-refractivity contribution in [3.8, 4) is 5.75 Å². The van der Waals surface area contributed by atoms with Crippen LogP contribution in [0, 0.1) is 17.7 Å². The molecule has 0 aliphatic heterocycles. The molecule has 0 heterocycles. The molecule has 1 aromatic carbocycles. The minimum Gasteiger partial charge on any atom is -0.490 e. The first-order valence-electron chi connectivity index (χ1n) is 13.3. The van der Waals surface area contributed by atoms with Crippen molar-refractivity contribution in [1.82, 2.24) is 10.2 Å². The SMILES string of the molecule is CCOC(=O)c1ccc(OC[C@H]2CC[C@H]([C@H](NC(=O)OC(C)(C)C)C(=O)N(C)C3CCC3)CC2)c(F)c1. The molecule has 1 atom stereocenters.